The van der Waals surface area contributed by atoms with E-state index in [9.17, 15) is 15.0 Å². The first kappa shape index (κ1) is 12.4. The van der Waals surface area contributed by atoms with Crippen molar-refractivity contribution in [1.29, 1.82) is 0 Å². The summed E-state index contributed by atoms with van der Waals surface area (Å²) >= 11 is 0. The van der Waals surface area contributed by atoms with E-state index < -0.39 is 17.8 Å². The maximum absolute atomic E-state index is 11.7. The number of methoxy groups -OCH3 is 1. The Morgan fingerprint density at radius 1 is 1.40 bits per heavy atom. The Labute approximate surface area is 89.6 Å². The lowest BCUT2D eigenvalue weighted by atomic mass is 10.0. The van der Waals surface area contributed by atoms with E-state index >= 15 is 0 Å². The lowest BCUT2D eigenvalue weighted by molar-refractivity contribution is -0.136. The highest BCUT2D eigenvalue weighted by Gasteiger charge is 2.34. The molecule has 1 saturated heterocycles. The second kappa shape index (κ2) is 4.47. The Morgan fingerprint density at radius 3 is 2.27 bits per heavy atom. The van der Waals surface area contributed by atoms with Crippen LogP contribution in [0.1, 0.15) is 20.3 Å². The van der Waals surface area contributed by atoms with Crippen molar-refractivity contribution in [3.05, 3.63) is 0 Å². The zero-order valence-corrected chi connectivity index (χ0v) is 9.43. The molecular formula is C10H19NO4. The van der Waals surface area contributed by atoms with E-state index in [4.69, 9.17) is 4.74 Å². The molecule has 0 radical (unpaired) electrons. The van der Waals surface area contributed by atoms with Crippen LogP contribution in [0.5, 0.6) is 0 Å². The van der Waals surface area contributed by atoms with Gasteiger partial charge in [0.15, 0.2) is 0 Å². The molecule has 0 saturated carbocycles. The number of likely N-dealkylation sites (tertiary alicyclic amines) is 1. The molecule has 0 aromatic heterocycles. The summed E-state index contributed by atoms with van der Waals surface area (Å²) in [6.07, 6.45) is -1.39. The molecular weight excluding hydrogens is 198 g/mol. The number of aliphatic hydroxyl groups is 2. The van der Waals surface area contributed by atoms with Crippen molar-refractivity contribution in [2.45, 2.75) is 38.1 Å². The molecule has 5 heteroatoms. The molecule has 5 nitrogen and oxygen atoms in total. The topological polar surface area (TPSA) is 70.0 Å². The lowest BCUT2D eigenvalue weighted by Crippen LogP contribution is -2.36. The number of hydrogen-bond acceptors (Lipinski definition) is 4. The third-order valence-electron chi connectivity index (χ3n) is 2.74. The molecule has 0 aliphatic carbocycles. The molecule has 1 aliphatic heterocycles. The molecule has 1 aliphatic rings. The molecule has 0 unspecified atom stereocenters. The van der Waals surface area contributed by atoms with E-state index in [2.05, 4.69) is 0 Å². The van der Waals surface area contributed by atoms with Crippen LogP contribution in [0.25, 0.3) is 0 Å². The predicted molar refractivity (Wildman–Crippen MR) is 54.3 cm³/mol. The first-order valence-electron chi connectivity index (χ1n) is 5.05. The smallest absolute Gasteiger partial charge is 0.225 e. The second-order valence-electron chi connectivity index (χ2n) is 4.57. The number of β-amino-alcohol motifs (C(OH)–C–C–N with tert-alkyl or cyclic N) is 2. The Balaban J connectivity index is 2.49. The van der Waals surface area contributed by atoms with Crippen molar-refractivity contribution in [3.63, 3.8) is 0 Å². The van der Waals surface area contributed by atoms with Crippen LogP contribution in [0, 0.1) is 0 Å². The summed E-state index contributed by atoms with van der Waals surface area (Å²) in [5.41, 5.74) is -0.504. The van der Waals surface area contributed by atoms with Gasteiger partial charge in [-0.1, -0.05) is 0 Å². The van der Waals surface area contributed by atoms with Gasteiger partial charge in [0.05, 0.1) is 24.2 Å². The van der Waals surface area contributed by atoms with Gasteiger partial charge in [-0.25, -0.2) is 0 Å². The first-order valence-corrected chi connectivity index (χ1v) is 5.05. The summed E-state index contributed by atoms with van der Waals surface area (Å²) in [7, 11) is 1.56. The summed E-state index contributed by atoms with van der Waals surface area (Å²) in [6.45, 7) is 4.07. The summed E-state index contributed by atoms with van der Waals surface area (Å²) in [5, 5.41) is 18.6. The molecule has 1 fully saturated rings. The monoisotopic (exact) mass is 217 g/mol. The molecule has 0 aromatic rings. The highest BCUT2D eigenvalue weighted by atomic mass is 16.5. The van der Waals surface area contributed by atoms with Crippen LogP contribution in [-0.2, 0) is 9.53 Å². The maximum Gasteiger partial charge on any atom is 0.225 e. The molecule has 0 spiro atoms. The standard InChI is InChI=1S/C10H19NO4/c1-10(2,15-3)4-9(14)11-5-7(12)8(13)6-11/h7-8,12-13H,4-6H2,1-3H3/t7-,8+. The normalized spacial score (nSPS) is 27.1. The number of ether oxygens (including phenoxy) is 1. The van der Waals surface area contributed by atoms with Crippen LogP contribution in [0.3, 0.4) is 0 Å². The average Bonchev–Trinajstić information content (AvgIpc) is 2.47. The van der Waals surface area contributed by atoms with E-state index in [-0.39, 0.29) is 25.4 Å². The highest BCUT2D eigenvalue weighted by Crippen LogP contribution is 2.18. The Morgan fingerprint density at radius 2 is 1.87 bits per heavy atom. The van der Waals surface area contributed by atoms with E-state index in [1.165, 1.54) is 4.90 Å². The molecule has 0 aromatic carbocycles. The third kappa shape index (κ3) is 3.15. The molecule has 2 atom stereocenters. The first-order chi connectivity index (χ1) is 6.85. The van der Waals surface area contributed by atoms with Gasteiger partial charge in [-0.05, 0) is 13.8 Å². The fraction of sp³-hybridized carbons (Fsp3) is 0.900. The summed E-state index contributed by atoms with van der Waals surface area (Å²) in [6, 6.07) is 0. The minimum Gasteiger partial charge on any atom is -0.388 e. The number of hydrogen-bond donors (Lipinski definition) is 2. The number of nitrogens with zero attached hydrogens (tertiary/aromatic N) is 1. The van der Waals surface area contributed by atoms with Gasteiger partial charge in [-0.3, -0.25) is 4.79 Å². The van der Waals surface area contributed by atoms with Crippen molar-refractivity contribution in [1.82, 2.24) is 4.90 Å². The fourth-order valence-corrected chi connectivity index (χ4v) is 1.52. The van der Waals surface area contributed by atoms with Crippen molar-refractivity contribution < 1.29 is 19.7 Å². The quantitative estimate of drug-likeness (QED) is 0.660. The van der Waals surface area contributed by atoms with Crippen LogP contribution >= 0.6 is 0 Å². The van der Waals surface area contributed by atoms with Crippen molar-refractivity contribution in [3.8, 4) is 0 Å². The molecule has 1 rings (SSSR count). The average molecular weight is 217 g/mol. The van der Waals surface area contributed by atoms with Gasteiger partial charge in [0, 0.05) is 20.2 Å². The molecule has 15 heavy (non-hydrogen) atoms. The Hall–Kier alpha value is -0.650. The van der Waals surface area contributed by atoms with E-state index in [1.54, 1.807) is 7.11 Å². The fourth-order valence-electron chi connectivity index (χ4n) is 1.52. The van der Waals surface area contributed by atoms with Crippen molar-refractivity contribution >= 4 is 5.91 Å². The highest BCUT2D eigenvalue weighted by molar-refractivity contribution is 5.77. The van der Waals surface area contributed by atoms with Crippen LogP contribution in [0.2, 0.25) is 0 Å². The predicted octanol–water partition coefficient (Wildman–Crippen LogP) is -0.635. The number of amides is 1. The number of carbonyl (C=O) groups is 1. The molecule has 0 bridgehead atoms. The Bertz CT molecular complexity index is 232. The van der Waals surface area contributed by atoms with Crippen LogP contribution < -0.4 is 0 Å². The minimum atomic E-state index is -0.820. The van der Waals surface area contributed by atoms with Crippen molar-refractivity contribution in [2.75, 3.05) is 20.2 Å². The van der Waals surface area contributed by atoms with Gasteiger partial charge in [0.1, 0.15) is 0 Å². The summed E-state index contributed by atoms with van der Waals surface area (Å²) in [5.74, 6) is -0.0996. The zero-order chi connectivity index (χ0) is 11.6. The van der Waals surface area contributed by atoms with E-state index in [0.717, 1.165) is 0 Å². The minimum absolute atomic E-state index is 0.0996. The summed E-state index contributed by atoms with van der Waals surface area (Å²) in [4.78, 5) is 13.2. The number of aliphatic hydroxyl groups excluding tert-OH is 2. The third-order valence-corrected chi connectivity index (χ3v) is 2.74. The maximum atomic E-state index is 11.7. The molecule has 1 amide bonds. The lowest BCUT2D eigenvalue weighted by Gasteiger charge is -2.25. The van der Waals surface area contributed by atoms with E-state index in [0.29, 0.717) is 0 Å². The van der Waals surface area contributed by atoms with Gasteiger partial charge in [-0.2, -0.15) is 0 Å². The van der Waals surface area contributed by atoms with Gasteiger partial charge >= 0.3 is 0 Å². The SMILES string of the molecule is COC(C)(C)CC(=O)N1C[C@@H](O)[C@@H](O)C1. The van der Waals surface area contributed by atoms with Gasteiger partial charge < -0.3 is 19.8 Å². The number of carbonyl (C=O) groups excluding carboxylic acids is 1. The van der Waals surface area contributed by atoms with Gasteiger partial charge in [0.2, 0.25) is 5.91 Å². The van der Waals surface area contributed by atoms with Gasteiger partial charge in [-0.15, -0.1) is 0 Å². The van der Waals surface area contributed by atoms with Gasteiger partial charge in [0.25, 0.3) is 0 Å². The van der Waals surface area contributed by atoms with Crippen LogP contribution in [-0.4, -0.2) is 59.0 Å². The van der Waals surface area contributed by atoms with Crippen LogP contribution in [0.15, 0.2) is 0 Å². The summed E-state index contributed by atoms with van der Waals surface area (Å²) < 4.78 is 5.15. The Kier molecular flexibility index (Phi) is 3.70. The zero-order valence-electron chi connectivity index (χ0n) is 9.43. The second-order valence-corrected chi connectivity index (χ2v) is 4.57. The van der Waals surface area contributed by atoms with E-state index in [1.807, 2.05) is 13.8 Å². The largest absolute Gasteiger partial charge is 0.388 e. The molecule has 2 N–H and O–H groups in total. The van der Waals surface area contributed by atoms with Crippen molar-refractivity contribution in [2.24, 2.45) is 0 Å². The molecule has 1 heterocycles. The van der Waals surface area contributed by atoms with Crippen LogP contribution in [0.4, 0.5) is 0 Å². The number of rotatable bonds is 3. The molecule has 88 valence electrons.